The van der Waals surface area contributed by atoms with Gasteiger partial charge in [-0.3, -0.25) is 15.6 Å². The fourth-order valence-corrected chi connectivity index (χ4v) is 2.04. The Bertz CT molecular complexity index is 845. The van der Waals surface area contributed by atoms with E-state index in [2.05, 4.69) is 26.4 Å². The first kappa shape index (κ1) is 15.7. The number of para-hydroxylation sites is 1. The van der Waals surface area contributed by atoms with Crippen molar-refractivity contribution in [3.63, 3.8) is 0 Å². The highest BCUT2D eigenvalue weighted by Crippen LogP contribution is 2.11. The molecule has 0 aliphatic rings. The molecule has 0 spiro atoms. The number of nitrogens with zero attached hydrogens (tertiary/aromatic N) is 4. The standard InChI is InChI=1S/C16H13ClN6O/c17-13-9-6-12(7-10-13)8-11-15(24)18-19-16-20-21-22-23(16)14-4-2-1-3-5-14/h1-11H,(H,18,24)(H,19,20,22). The van der Waals surface area contributed by atoms with Crippen LogP contribution in [0.3, 0.4) is 0 Å². The minimum absolute atomic E-state index is 0.300. The van der Waals surface area contributed by atoms with E-state index < -0.39 is 0 Å². The number of benzene rings is 2. The zero-order valence-corrected chi connectivity index (χ0v) is 13.2. The van der Waals surface area contributed by atoms with Crippen LogP contribution >= 0.6 is 11.6 Å². The summed E-state index contributed by atoms with van der Waals surface area (Å²) in [5, 5.41) is 11.9. The molecule has 0 aliphatic heterocycles. The zero-order valence-electron chi connectivity index (χ0n) is 12.4. The van der Waals surface area contributed by atoms with Gasteiger partial charge in [0.15, 0.2) is 0 Å². The van der Waals surface area contributed by atoms with Crippen molar-refractivity contribution >= 4 is 29.5 Å². The Morgan fingerprint density at radius 3 is 2.58 bits per heavy atom. The maximum absolute atomic E-state index is 11.9. The van der Waals surface area contributed by atoms with Crippen LogP contribution in [0.5, 0.6) is 0 Å². The number of tetrazole rings is 1. The van der Waals surface area contributed by atoms with Gasteiger partial charge in [0.25, 0.3) is 11.9 Å². The molecule has 0 atom stereocenters. The van der Waals surface area contributed by atoms with Crippen molar-refractivity contribution in [3.05, 3.63) is 71.3 Å². The van der Waals surface area contributed by atoms with Crippen LogP contribution < -0.4 is 10.9 Å². The molecule has 7 nitrogen and oxygen atoms in total. The van der Waals surface area contributed by atoms with Crippen molar-refractivity contribution in [2.45, 2.75) is 0 Å². The predicted octanol–water partition coefficient (Wildman–Crippen LogP) is 2.47. The van der Waals surface area contributed by atoms with Crippen LogP contribution in [0.25, 0.3) is 11.8 Å². The summed E-state index contributed by atoms with van der Waals surface area (Å²) < 4.78 is 1.48. The van der Waals surface area contributed by atoms with Gasteiger partial charge in [-0.05, 0) is 46.3 Å². The van der Waals surface area contributed by atoms with Gasteiger partial charge >= 0.3 is 0 Å². The summed E-state index contributed by atoms with van der Waals surface area (Å²) in [5.74, 6) is -0.0398. The molecule has 1 amide bonds. The van der Waals surface area contributed by atoms with E-state index in [1.807, 2.05) is 42.5 Å². The normalized spacial score (nSPS) is 10.7. The van der Waals surface area contributed by atoms with Crippen LogP contribution in [-0.4, -0.2) is 26.1 Å². The Morgan fingerprint density at radius 2 is 1.83 bits per heavy atom. The Balaban J connectivity index is 1.61. The minimum atomic E-state index is -0.340. The summed E-state index contributed by atoms with van der Waals surface area (Å²) in [6, 6.07) is 16.5. The molecular weight excluding hydrogens is 328 g/mol. The number of hydrogen-bond donors (Lipinski definition) is 2. The van der Waals surface area contributed by atoms with Gasteiger partial charge in [0.05, 0.1) is 5.69 Å². The van der Waals surface area contributed by atoms with Gasteiger partial charge in [-0.15, -0.1) is 0 Å². The molecule has 1 aromatic heterocycles. The van der Waals surface area contributed by atoms with Gasteiger partial charge in [0.2, 0.25) is 0 Å². The Labute approximate surface area is 142 Å². The number of anilines is 1. The van der Waals surface area contributed by atoms with Crippen LogP contribution in [-0.2, 0) is 4.79 Å². The van der Waals surface area contributed by atoms with Crippen LogP contribution in [0, 0.1) is 0 Å². The van der Waals surface area contributed by atoms with Crippen molar-refractivity contribution in [2.75, 3.05) is 5.43 Å². The van der Waals surface area contributed by atoms with Crippen LogP contribution in [0.1, 0.15) is 5.56 Å². The molecule has 3 rings (SSSR count). The van der Waals surface area contributed by atoms with Gasteiger partial charge < -0.3 is 0 Å². The Hall–Kier alpha value is -3.19. The minimum Gasteiger partial charge on any atom is -0.268 e. The molecule has 0 bridgehead atoms. The summed E-state index contributed by atoms with van der Waals surface area (Å²) in [5.41, 5.74) is 6.84. The summed E-state index contributed by atoms with van der Waals surface area (Å²) in [7, 11) is 0. The number of nitrogens with one attached hydrogen (secondary N) is 2. The van der Waals surface area contributed by atoms with Gasteiger partial charge in [0, 0.05) is 11.1 Å². The smallest absolute Gasteiger partial charge is 0.266 e. The molecule has 0 radical (unpaired) electrons. The molecule has 1 heterocycles. The number of rotatable bonds is 5. The molecule has 120 valence electrons. The van der Waals surface area contributed by atoms with Gasteiger partial charge in [-0.1, -0.05) is 47.0 Å². The van der Waals surface area contributed by atoms with Crippen LogP contribution in [0.15, 0.2) is 60.7 Å². The summed E-state index contributed by atoms with van der Waals surface area (Å²) in [4.78, 5) is 11.9. The Kier molecular flexibility index (Phi) is 4.83. The molecule has 8 heteroatoms. The summed E-state index contributed by atoms with van der Waals surface area (Å²) >= 11 is 5.81. The van der Waals surface area contributed by atoms with Crippen LogP contribution in [0.2, 0.25) is 5.02 Å². The third-order valence-electron chi connectivity index (χ3n) is 3.06. The molecule has 2 aromatic carbocycles. The molecule has 0 saturated carbocycles. The lowest BCUT2D eigenvalue weighted by atomic mass is 10.2. The Morgan fingerprint density at radius 1 is 1.08 bits per heavy atom. The van der Waals surface area contributed by atoms with Gasteiger partial charge in [-0.2, -0.15) is 4.68 Å². The van der Waals surface area contributed by atoms with E-state index in [1.165, 1.54) is 10.8 Å². The van der Waals surface area contributed by atoms with E-state index in [9.17, 15) is 4.79 Å². The summed E-state index contributed by atoms with van der Waals surface area (Å²) in [6.07, 6.45) is 3.07. The molecular formula is C16H13ClN6O. The molecule has 0 aliphatic carbocycles. The van der Waals surface area contributed by atoms with Gasteiger partial charge in [-0.25, -0.2) is 0 Å². The average Bonchev–Trinajstić information content (AvgIpc) is 3.09. The second-order valence-electron chi connectivity index (χ2n) is 4.75. The number of halogens is 1. The zero-order chi connectivity index (χ0) is 16.8. The van der Waals surface area contributed by atoms with E-state index in [1.54, 1.807) is 18.2 Å². The van der Waals surface area contributed by atoms with E-state index >= 15 is 0 Å². The number of carbonyl (C=O) groups excluding carboxylic acids is 1. The lowest BCUT2D eigenvalue weighted by Crippen LogP contribution is -2.29. The molecule has 0 fully saturated rings. The average molecular weight is 341 g/mol. The van der Waals surface area contributed by atoms with Crippen molar-refractivity contribution < 1.29 is 4.79 Å². The first-order chi connectivity index (χ1) is 11.7. The van der Waals surface area contributed by atoms with Crippen molar-refractivity contribution in [1.82, 2.24) is 25.6 Å². The van der Waals surface area contributed by atoms with E-state index in [-0.39, 0.29) is 5.91 Å². The first-order valence-electron chi connectivity index (χ1n) is 7.06. The highest BCUT2D eigenvalue weighted by atomic mass is 35.5. The molecule has 0 saturated heterocycles. The molecule has 2 N–H and O–H groups in total. The monoisotopic (exact) mass is 340 g/mol. The third kappa shape index (κ3) is 3.96. The maximum atomic E-state index is 11.9. The third-order valence-corrected chi connectivity index (χ3v) is 3.32. The molecule has 0 unspecified atom stereocenters. The number of hydrogen-bond acceptors (Lipinski definition) is 5. The lowest BCUT2D eigenvalue weighted by Gasteiger charge is -2.06. The largest absolute Gasteiger partial charge is 0.268 e. The van der Waals surface area contributed by atoms with Crippen molar-refractivity contribution in [1.29, 1.82) is 0 Å². The quantitative estimate of drug-likeness (QED) is 0.550. The highest BCUT2D eigenvalue weighted by Gasteiger charge is 2.07. The number of amides is 1. The van der Waals surface area contributed by atoms with E-state index in [4.69, 9.17) is 11.6 Å². The fraction of sp³-hybridized carbons (Fsp3) is 0. The van der Waals surface area contributed by atoms with E-state index in [0.29, 0.717) is 11.0 Å². The van der Waals surface area contributed by atoms with Crippen molar-refractivity contribution in [2.24, 2.45) is 0 Å². The highest BCUT2D eigenvalue weighted by molar-refractivity contribution is 6.30. The van der Waals surface area contributed by atoms with E-state index in [0.717, 1.165) is 11.3 Å². The number of aromatic nitrogens is 4. The number of hydrazine groups is 1. The SMILES string of the molecule is O=C(C=Cc1ccc(Cl)cc1)NNc1nnnn1-c1ccccc1. The predicted molar refractivity (Wildman–Crippen MR) is 91.4 cm³/mol. The van der Waals surface area contributed by atoms with Crippen molar-refractivity contribution in [3.8, 4) is 5.69 Å². The lowest BCUT2D eigenvalue weighted by molar-refractivity contribution is -0.116. The first-order valence-corrected chi connectivity index (χ1v) is 7.43. The maximum Gasteiger partial charge on any atom is 0.266 e. The molecule has 3 aromatic rings. The second-order valence-corrected chi connectivity index (χ2v) is 5.19. The second kappa shape index (κ2) is 7.38. The van der Waals surface area contributed by atoms with Gasteiger partial charge in [0.1, 0.15) is 0 Å². The molecule has 24 heavy (non-hydrogen) atoms. The topological polar surface area (TPSA) is 84.7 Å². The van der Waals surface area contributed by atoms with Crippen LogP contribution in [0.4, 0.5) is 5.95 Å². The fourth-order valence-electron chi connectivity index (χ4n) is 1.91. The number of carbonyl (C=O) groups is 1. The summed E-state index contributed by atoms with van der Waals surface area (Å²) in [6.45, 7) is 0.